The number of hydrogen-bond donors (Lipinski definition) is 0. The highest BCUT2D eigenvalue weighted by Crippen LogP contribution is 2.21. The van der Waals surface area contributed by atoms with Crippen molar-refractivity contribution in [2.24, 2.45) is 5.92 Å². The molecule has 3 atom stereocenters. The van der Waals surface area contributed by atoms with Gasteiger partial charge in [-0.3, -0.25) is 14.4 Å². The van der Waals surface area contributed by atoms with Gasteiger partial charge in [-0.05, 0) is 12.5 Å². The van der Waals surface area contributed by atoms with Crippen molar-refractivity contribution in [2.75, 3.05) is 6.61 Å². The number of hydrogen-bond acceptors (Lipinski definition) is 6. The second kappa shape index (κ2) is 8.35. The highest BCUT2D eigenvalue weighted by molar-refractivity contribution is 5.68. The second-order valence-electron chi connectivity index (χ2n) is 4.73. The summed E-state index contributed by atoms with van der Waals surface area (Å²) in [5.41, 5.74) is 0.543. The summed E-state index contributed by atoms with van der Waals surface area (Å²) in [4.78, 5) is 33.2. The Kier molecular flexibility index (Phi) is 7.57. The van der Waals surface area contributed by atoms with E-state index in [2.05, 4.69) is 6.58 Å². The van der Waals surface area contributed by atoms with Gasteiger partial charge in [0.05, 0.1) is 6.61 Å². The number of rotatable bonds is 7. The van der Waals surface area contributed by atoms with E-state index in [1.165, 1.54) is 20.8 Å². The third-order valence-corrected chi connectivity index (χ3v) is 2.49. The van der Waals surface area contributed by atoms with Gasteiger partial charge in [0.2, 0.25) is 0 Å². The Morgan fingerprint density at radius 2 is 1.45 bits per heavy atom. The number of ether oxygens (including phenoxy) is 3. The zero-order chi connectivity index (χ0) is 15.9. The fourth-order valence-electron chi connectivity index (χ4n) is 1.64. The molecule has 0 radical (unpaired) electrons. The van der Waals surface area contributed by atoms with Crippen molar-refractivity contribution in [3.8, 4) is 0 Å². The van der Waals surface area contributed by atoms with E-state index in [0.29, 0.717) is 5.57 Å². The lowest BCUT2D eigenvalue weighted by Crippen LogP contribution is -2.41. The maximum atomic E-state index is 11.2. The van der Waals surface area contributed by atoms with Crippen LogP contribution in [0.2, 0.25) is 0 Å². The van der Waals surface area contributed by atoms with E-state index in [0.717, 1.165) is 0 Å². The maximum Gasteiger partial charge on any atom is 0.303 e. The van der Waals surface area contributed by atoms with Crippen LogP contribution in [0.1, 0.15) is 34.6 Å². The van der Waals surface area contributed by atoms with Crippen molar-refractivity contribution in [1.29, 1.82) is 0 Å². The first-order valence-corrected chi connectivity index (χ1v) is 6.28. The van der Waals surface area contributed by atoms with Crippen molar-refractivity contribution < 1.29 is 28.6 Å². The summed E-state index contributed by atoms with van der Waals surface area (Å²) < 4.78 is 15.2. The molecule has 0 amide bonds. The molecule has 0 rings (SSSR count). The topological polar surface area (TPSA) is 78.9 Å². The summed E-state index contributed by atoms with van der Waals surface area (Å²) >= 11 is 0. The van der Waals surface area contributed by atoms with Crippen molar-refractivity contribution in [3.05, 3.63) is 12.2 Å². The molecular weight excluding hydrogens is 264 g/mol. The molecule has 20 heavy (non-hydrogen) atoms. The molecule has 0 aromatic heterocycles. The normalized spacial score (nSPS) is 14.7. The van der Waals surface area contributed by atoms with E-state index < -0.39 is 30.1 Å². The monoisotopic (exact) mass is 286 g/mol. The van der Waals surface area contributed by atoms with Crippen LogP contribution in [-0.4, -0.2) is 36.7 Å². The molecule has 0 aliphatic heterocycles. The van der Waals surface area contributed by atoms with E-state index in [9.17, 15) is 14.4 Å². The highest BCUT2D eigenvalue weighted by atomic mass is 16.6. The van der Waals surface area contributed by atoms with Crippen molar-refractivity contribution in [3.63, 3.8) is 0 Å². The SMILES string of the molecule is C=C(C)C(OC(C)=O)C(OC(C)=O)C(C)COC(C)=O. The van der Waals surface area contributed by atoms with Gasteiger partial charge in [0.25, 0.3) is 0 Å². The van der Waals surface area contributed by atoms with Crippen molar-refractivity contribution >= 4 is 17.9 Å². The van der Waals surface area contributed by atoms with Crippen LogP contribution < -0.4 is 0 Å². The average Bonchev–Trinajstić information content (AvgIpc) is 2.29. The van der Waals surface area contributed by atoms with Crippen LogP contribution in [0.4, 0.5) is 0 Å². The number of carbonyl (C=O) groups is 3. The molecule has 3 unspecified atom stereocenters. The second-order valence-corrected chi connectivity index (χ2v) is 4.73. The summed E-state index contributed by atoms with van der Waals surface area (Å²) in [6, 6.07) is 0. The molecule has 0 heterocycles. The Morgan fingerprint density at radius 1 is 0.950 bits per heavy atom. The van der Waals surface area contributed by atoms with Gasteiger partial charge in [-0.25, -0.2) is 0 Å². The first kappa shape index (κ1) is 18.1. The van der Waals surface area contributed by atoms with Crippen LogP contribution in [0.5, 0.6) is 0 Å². The van der Waals surface area contributed by atoms with Gasteiger partial charge in [-0.15, -0.1) is 0 Å². The van der Waals surface area contributed by atoms with E-state index in [4.69, 9.17) is 14.2 Å². The maximum absolute atomic E-state index is 11.2. The highest BCUT2D eigenvalue weighted by Gasteiger charge is 2.33. The Hall–Kier alpha value is -1.85. The van der Waals surface area contributed by atoms with Crippen LogP contribution in [0.3, 0.4) is 0 Å². The molecule has 0 fully saturated rings. The first-order chi connectivity index (χ1) is 9.15. The molecule has 0 aliphatic carbocycles. The quantitative estimate of drug-likeness (QED) is 0.402. The largest absolute Gasteiger partial charge is 0.465 e. The van der Waals surface area contributed by atoms with Gasteiger partial charge >= 0.3 is 17.9 Å². The van der Waals surface area contributed by atoms with Crippen LogP contribution in [-0.2, 0) is 28.6 Å². The summed E-state index contributed by atoms with van der Waals surface area (Å²) in [7, 11) is 0. The third-order valence-electron chi connectivity index (χ3n) is 2.49. The molecule has 0 aromatic rings. The molecule has 0 spiro atoms. The molecule has 6 heteroatoms. The molecular formula is C14H22O6. The Labute approximate surface area is 119 Å². The minimum atomic E-state index is -0.776. The summed E-state index contributed by atoms with van der Waals surface area (Å²) in [6.07, 6.45) is -1.53. The lowest BCUT2D eigenvalue weighted by Gasteiger charge is -2.30. The van der Waals surface area contributed by atoms with Crippen LogP contribution in [0.25, 0.3) is 0 Å². The van der Waals surface area contributed by atoms with Gasteiger partial charge in [-0.1, -0.05) is 13.5 Å². The lowest BCUT2D eigenvalue weighted by molar-refractivity contribution is -0.169. The molecule has 0 saturated carbocycles. The first-order valence-electron chi connectivity index (χ1n) is 6.28. The van der Waals surface area contributed by atoms with E-state index in [1.54, 1.807) is 13.8 Å². The molecule has 114 valence electrons. The third kappa shape index (κ3) is 6.92. The minimum Gasteiger partial charge on any atom is -0.465 e. The van der Waals surface area contributed by atoms with Crippen LogP contribution in [0.15, 0.2) is 12.2 Å². The molecule has 0 saturated heterocycles. The van der Waals surface area contributed by atoms with Gasteiger partial charge in [0.1, 0.15) is 6.10 Å². The molecule has 0 aliphatic rings. The van der Waals surface area contributed by atoms with E-state index >= 15 is 0 Å². The van der Waals surface area contributed by atoms with Crippen molar-refractivity contribution in [1.82, 2.24) is 0 Å². The predicted octanol–water partition coefficient (Wildman–Crippen LogP) is 1.63. The lowest BCUT2D eigenvalue weighted by atomic mass is 9.96. The zero-order valence-corrected chi connectivity index (χ0v) is 12.6. The summed E-state index contributed by atoms with van der Waals surface area (Å²) in [5.74, 6) is -1.79. The number of esters is 3. The Morgan fingerprint density at radius 3 is 1.80 bits per heavy atom. The van der Waals surface area contributed by atoms with Gasteiger partial charge < -0.3 is 14.2 Å². The van der Waals surface area contributed by atoms with E-state index in [1.807, 2.05) is 0 Å². The van der Waals surface area contributed by atoms with Crippen molar-refractivity contribution in [2.45, 2.75) is 46.8 Å². The smallest absolute Gasteiger partial charge is 0.303 e. The number of carbonyl (C=O) groups excluding carboxylic acids is 3. The molecule has 6 nitrogen and oxygen atoms in total. The average molecular weight is 286 g/mol. The van der Waals surface area contributed by atoms with E-state index in [-0.39, 0.29) is 12.5 Å². The fourth-order valence-corrected chi connectivity index (χ4v) is 1.64. The standard InChI is InChI=1S/C14H22O6/c1-8(2)13(19-11(5)16)14(20-12(6)17)9(3)7-18-10(4)15/h9,13-14H,1,7H2,2-6H3. The van der Waals surface area contributed by atoms with Gasteiger partial charge in [0, 0.05) is 26.7 Å². The van der Waals surface area contributed by atoms with Crippen LogP contribution in [0, 0.1) is 5.92 Å². The molecule has 0 aromatic carbocycles. The summed E-state index contributed by atoms with van der Waals surface area (Å²) in [6.45, 7) is 11.0. The Bertz CT molecular complexity index is 387. The van der Waals surface area contributed by atoms with Crippen LogP contribution >= 0.6 is 0 Å². The summed E-state index contributed by atoms with van der Waals surface area (Å²) in [5, 5.41) is 0. The molecule has 0 bridgehead atoms. The Balaban J connectivity index is 5.06. The molecule has 0 N–H and O–H groups in total. The van der Waals surface area contributed by atoms with Gasteiger partial charge in [0.15, 0.2) is 6.10 Å². The fraction of sp³-hybridized carbons (Fsp3) is 0.643. The van der Waals surface area contributed by atoms with Gasteiger partial charge in [-0.2, -0.15) is 0 Å². The minimum absolute atomic E-state index is 0.0539. The zero-order valence-electron chi connectivity index (χ0n) is 12.6. The predicted molar refractivity (Wildman–Crippen MR) is 71.7 cm³/mol.